The summed E-state index contributed by atoms with van der Waals surface area (Å²) in [5.74, 6) is 2.33. The molecule has 148 valence electrons. The Bertz CT molecular complexity index is 600. The van der Waals surface area contributed by atoms with Gasteiger partial charge in [-0.05, 0) is 93.1 Å². The summed E-state index contributed by atoms with van der Waals surface area (Å²) >= 11 is 0. The highest BCUT2D eigenvalue weighted by molar-refractivity contribution is 5.82. The van der Waals surface area contributed by atoms with Crippen LogP contribution in [0.25, 0.3) is 0 Å². The maximum absolute atomic E-state index is 11.8. The molecule has 2 fully saturated rings. The van der Waals surface area contributed by atoms with E-state index in [4.69, 9.17) is 4.74 Å². The van der Waals surface area contributed by atoms with E-state index in [1.807, 2.05) is 13.0 Å². The predicted molar refractivity (Wildman–Crippen MR) is 112 cm³/mol. The summed E-state index contributed by atoms with van der Waals surface area (Å²) in [6.45, 7) is 4.25. The molecule has 2 aliphatic carbocycles. The van der Waals surface area contributed by atoms with Crippen molar-refractivity contribution in [2.45, 2.75) is 90.1 Å². The van der Waals surface area contributed by atoms with Gasteiger partial charge < -0.3 is 4.74 Å². The minimum absolute atomic E-state index is 0.142. The van der Waals surface area contributed by atoms with E-state index in [9.17, 15) is 4.79 Å². The highest BCUT2D eigenvalue weighted by Crippen LogP contribution is 2.43. The Labute approximate surface area is 165 Å². The summed E-state index contributed by atoms with van der Waals surface area (Å²) < 4.78 is 5.60. The Kier molecular flexibility index (Phi) is 7.55. The number of hydrogen-bond donors (Lipinski definition) is 0. The number of aryl methyl sites for hydroxylation is 1. The molecule has 0 aromatic heterocycles. The molecule has 1 aromatic rings. The van der Waals surface area contributed by atoms with Crippen LogP contribution in [0.4, 0.5) is 0 Å². The first-order valence-electron chi connectivity index (χ1n) is 11.2. The molecule has 2 saturated carbocycles. The lowest BCUT2D eigenvalue weighted by Crippen LogP contribution is -2.29. The van der Waals surface area contributed by atoms with Crippen LogP contribution in [0.2, 0.25) is 0 Å². The third kappa shape index (κ3) is 5.70. The Balaban J connectivity index is 1.41. The van der Waals surface area contributed by atoms with E-state index in [1.54, 1.807) is 11.6 Å². The average molecular weight is 369 g/mol. The third-order valence-corrected chi connectivity index (χ3v) is 6.79. The van der Waals surface area contributed by atoms with Crippen LogP contribution < -0.4 is 0 Å². The van der Waals surface area contributed by atoms with E-state index in [2.05, 4.69) is 31.2 Å². The molecule has 0 amide bonds. The standard InChI is InChI=1S/C25H36O2/c1-3-5-6-25(26)27-24-17-15-23(16-18-24)22-13-11-21(12-14-22)20-9-7-19(4-2)8-10-20/h5-10,21-24H,3-4,11-18H2,1-2H3/b6-5+. The second kappa shape index (κ2) is 10.1. The van der Waals surface area contributed by atoms with Crippen LogP contribution in [-0.2, 0) is 16.0 Å². The summed E-state index contributed by atoms with van der Waals surface area (Å²) in [5.41, 5.74) is 2.98. The van der Waals surface area contributed by atoms with Crippen LogP contribution in [-0.4, -0.2) is 12.1 Å². The molecule has 0 heterocycles. The Morgan fingerprint density at radius 1 is 0.926 bits per heavy atom. The highest BCUT2D eigenvalue weighted by atomic mass is 16.5. The largest absolute Gasteiger partial charge is 0.459 e. The third-order valence-electron chi connectivity index (χ3n) is 6.79. The predicted octanol–water partition coefficient (Wildman–Crippen LogP) is 6.59. The molecule has 0 spiro atoms. The molecule has 3 rings (SSSR count). The van der Waals surface area contributed by atoms with Gasteiger partial charge >= 0.3 is 5.97 Å². The summed E-state index contributed by atoms with van der Waals surface area (Å²) in [4.78, 5) is 11.8. The minimum atomic E-state index is -0.158. The van der Waals surface area contributed by atoms with E-state index < -0.39 is 0 Å². The van der Waals surface area contributed by atoms with Gasteiger partial charge in [-0.15, -0.1) is 0 Å². The molecule has 1 aromatic carbocycles. The molecule has 0 saturated heterocycles. The number of hydrogen-bond acceptors (Lipinski definition) is 2. The van der Waals surface area contributed by atoms with E-state index in [0.717, 1.165) is 43.4 Å². The van der Waals surface area contributed by atoms with E-state index in [-0.39, 0.29) is 12.1 Å². The zero-order valence-electron chi connectivity index (χ0n) is 17.2. The van der Waals surface area contributed by atoms with Crippen molar-refractivity contribution < 1.29 is 9.53 Å². The normalized spacial score (nSPS) is 29.0. The SMILES string of the molecule is CC/C=C/C(=O)OC1CCC(C2CCC(c3ccc(CC)cc3)CC2)CC1. The molecule has 2 heteroatoms. The van der Waals surface area contributed by atoms with Gasteiger partial charge in [-0.3, -0.25) is 0 Å². The smallest absolute Gasteiger partial charge is 0.330 e. The van der Waals surface area contributed by atoms with Gasteiger partial charge in [0.2, 0.25) is 0 Å². The number of benzene rings is 1. The Hall–Kier alpha value is -1.57. The van der Waals surface area contributed by atoms with Gasteiger partial charge in [0.15, 0.2) is 0 Å². The van der Waals surface area contributed by atoms with Crippen molar-refractivity contribution in [3.8, 4) is 0 Å². The van der Waals surface area contributed by atoms with Gasteiger partial charge in [0, 0.05) is 6.08 Å². The summed E-state index contributed by atoms with van der Waals surface area (Å²) in [6, 6.07) is 9.33. The molecule has 2 aliphatic rings. The molecule has 27 heavy (non-hydrogen) atoms. The van der Waals surface area contributed by atoms with Crippen molar-refractivity contribution in [3.05, 3.63) is 47.5 Å². The summed E-state index contributed by atoms with van der Waals surface area (Å²) in [6.07, 6.45) is 15.6. The second-order valence-electron chi connectivity index (χ2n) is 8.49. The van der Waals surface area contributed by atoms with E-state index >= 15 is 0 Å². The maximum Gasteiger partial charge on any atom is 0.330 e. The number of allylic oxidation sites excluding steroid dienone is 1. The van der Waals surface area contributed by atoms with Crippen molar-refractivity contribution in [1.29, 1.82) is 0 Å². The van der Waals surface area contributed by atoms with Crippen molar-refractivity contribution in [1.82, 2.24) is 0 Å². The number of esters is 1. The highest BCUT2D eigenvalue weighted by Gasteiger charge is 2.32. The lowest BCUT2D eigenvalue weighted by atomic mass is 9.69. The average Bonchev–Trinajstić information content (AvgIpc) is 2.73. The van der Waals surface area contributed by atoms with Crippen molar-refractivity contribution >= 4 is 5.97 Å². The molecule has 0 aliphatic heterocycles. The molecular weight excluding hydrogens is 332 g/mol. The van der Waals surface area contributed by atoms with Crippen LogP contribution in [0.1, 0.15) is 88.7 Å². The minimum Gasteiger partial charge on any atom is -0.459 e. The van der Waals surface area contributed by atoms with E-state index in [0.29, 0.717) is 0 Å². The monoisotopic (exact) mass is 368 g/mol. The molecular formula is C25H36O2. The summed E-state index contributed by atoms with van der Waals surface area (Å²) in [5, 5.41) is 0. The van der Waals surface area contributed by atoms with Gasteiger partial charge in [0.25, 0.3) is 0 Å². The molecule has 0 unspecified atom stereocenters. The van der Waals surface area contributed by atoms with Gasteiger partial charge in [-0.2, -0.15) is 0 Å². The van der Waals surface area contributed by atoms with E-state index in [1.165, 1.54) is 44.1 Å². The van der Waals surface area contributed by atoms with Crippen LogP contribution >= 0.6 is 0 Å². The van der Waals surface area contributed by atoms with Crippen molar-refractivity contribution in [2.24, 2.45) is 11.8 Å². The molecule has 2 nitrogen and oxygen atoms in total. The van der Waals surface area contributed by atoms with Crippen molar-refractivity contribution in [2.75, 3.05) is 0 Å². The molecule has 0 radical (unpaired) electrons. The first kappa shape index (κ1) is 20.2. The zero-order valence-corrected chi connectivity index (χ0v) is 17.2. The maximum atomic E-state index is 11.8. The number of rotatable bonds is 6. The van der Waals surface area contributed by atoms with Gasteiger partial charge in [0.05, 0.1) is 0 Å². The number of carbonyl (C=O) groups excluding carboxylic acids is 1. The van der Waals surface area contributed by atoms with Gasteiger partial charge in [-0.25, -0.2) is 4.79 Å². The van der Waals surface area contributed by atoms with Crippen LogP contribution in [0.3, 0.4) is 0 Å². The first-order valence-corrected chi connectivity index (χ1v) is 11.2. The number of ether oxygens (including phenoxy) is 1. The zero-order chi connectivity index (χ0) is 19.1. The fraction of sp³-hybridized carbons (Fsp3) is 0.640. The topological polar surface area (TPSA) is 26.3 Å². The van der Waals surface area contributed by atoms with Crippen LogP contribution in [0.15, 0.2) is 36.4 Å². The molecule has 0 bridgehead atoms. The quantitative estimate of drug-likeness (QED) is 0.418. The second-order valence-corrected chi connectivity index (χ2v) is 8.49. The fourth-order valence-corrected chi connectivity index (χ4v) is 5.04. The van der Waals surface area contributed by atoms with Crippen LogP contribution in [0.5, 0.6) is 0 Å². The fourth-order valence-electron chi connectivity index (χ4n) is 5.04. The Morgan fingerprint density at radius 2 is 1.52 bits per heavy atom. The molecule has 0 N–H and O–H groups in total. The van der Waals surface area contributed by atoms with Crippen LogP contribution in [0, 0.1) is 11.8 Å². The number of carbonyl (C=O) groups is 1. The lowest BCUT2D eigenvalue weighted by molar-refractivity contribution is -0.145. The van der Waals surface area contributed by atoms with Crippen molar-refractivity contribution in [3.63, 3.8) is 0 Å². The first-order chi connectivity index (χ1) is 13.2. The van der Waals surface area contributed by atoms with Gasteiger partial charge in [0.1, 0.15) is 6.10 Å². The Morgan fingerprint density at radius 3 is 2.07 bits per heavy atom. The summed E-state index contributed by atoms with van der Waals surface area (Å²) in [7, 11) is 0. The lowest BCUT2D eigenvalue weighted by Gasteiger charge is -2.37. The molecule has 0 atom stereocenters. The van der Waals surface area contributed by atoms with Gasteiger partial charge in [-0.1, -0.05) is 44.2 Å².